The Morgan fingerprint density at radius 1 is 1.40 bits per heavy atom. The second-order valence-corrected chi connectivity index (χ2v) is 7.17. The minimum Gasteiger partial charge on any atom is -0.354 e. The second kappa shape index (κ2) is 6.81. The van der Waals surface area contributed by atoms with Crippen molar-refractivity contribution in [2.24, 2.45) is 0 Å². The molecule has 0 aromatic carbocycles. The van der Waals surface area contributed by atoms with Crippen LogP contribution in [0.2, 0.25) is 0 Å². The van der Waals surface area contributed by atoms with Gasteiger partial charge in [-0.25, -0.2) is 5.01 Å². The highest BCUT2D eigenvalue weighted by Crippen LogP contribution is 2.37. The normalized spacial score (nSPS) is 16.4. The smallest absolute Gasteiger partial charge is 0.304 e. The van der Waals surface area contributed by atoms with Crippen molar-refractivity contribution in [3.8, 4) is 10.6 Å². The van der Waals surface area contributed by atoms with E-state index in [4.69, 9.17) is 4.52 Å². The molecule has 1 aliphatic rings. The van der Waals surface area contributed by atoms with E-state index in [1.165, 1.54) is 11.3 Å². The minimum absolute atomic E-state index is 0.0709. The van der Waals surface area contributed by atoms with Crippen LogP contribution in [0.5, 0.6) is 0 Å². The second-order valence-electron chi connectivity index (χ2n) is 6.09. The van der Waals surface area contributed by atoms with Gasteiger partial charge in [0.15, 0.2) is 0 Å². The summed E-state index contributed by atoms with van der Waals surface area (Å²) in [4.78, 5) is 15.6. The van der Waals surface area contributed by atoms with Crippen LogP contribution in [0.25, 0.3) is 10.6 Å². The molecule has 3 heterocycles. The van der Waals surface area contributed by atoms with Crippen LogP contribution in [0.1, 0.15) is 34.3 Å². The quantitative estimate of drug-likeness (QED) is 0.896. The Labute approximate surface area is 148 Å². The van der Waals surface area contributed by atoms with Gasteiger partial charge in [-0.05, 0) is 32.5 Å². The molecule has 0 aliphatic carbocycles. The van der Waals surface area contributed by atoms with Crippen LogP contribution in [-0.2, 0) is 5.92 Å². The van der Waals surface area contributed by atoms with Crippen LogP contribution in [0.4, 0.5) is 8.78 Å². The van der Waals surface area contributed by atoms with E-state index in [0.29, 0.717) is 34.2 Å². The van der Waals surface area contributed by atoms with Gasteiger partial charge in [-0.2, -0.15) is 8.78 Å². The molecule has 2 aromatic rings. The third-order valence-corrected chi connectivity index (χ3v) is 5.25. The van der Waals surface area contributed by atoms with Crippen LogP contribution in [-0.4, -0.2) is 47.8 Å². The summed E-state index contributed by atoms with van der Waals surface area (Å²) < 4.78 is 31.8. The molecule has 3 rings (SSSR count). The van der Waals surface area contributed by atoms with Crippen molar-refractivity contribution in [1.82, 2.24) is 20.5 Å². The number of amides is 1. The topological polar surface area (TPSA) is 61.6 Å². The van der Waals surface area contributed by atoms with Crippen LogP contribution >= 0.6 is 11.3 Å². The van der Waals surface area contributed by atoms with Gasteiger partial charge < -0.3 is 9.42 Å². The predicted molar refractivity (Wildman–Crippen MR) is 90.4 cm³/mol. The van der Waals surface area contributed by atoms with Crippen LogP contribution < -0.4 is 5.43 Å². The molecule has 1 aliphatic heterocycles. The molecule has 0 unspecified atom stereocenters. The number of nitrogens with one attached hydrogen (secondary N) is 1. The van der Waals surface area contributed by atoms with Gasteiger partial charge in [-0.3, -0.25) is 10.2 Å². The summed E-state index contributed by atoms with van der Waals surface area (Å²) in [6.45, 7) is 4.42. The molecule has 9 heteroatoms. The number of alkyl halides is 2. The lowest BCUT2D eigenvalue weighted by Crippen LogP contribution is -2.51. The molecule has 0 atom stereocenters. The first-order valence-corrected chi connectivity index (χ1v) is 8.79. The van der Waals surface area contributed by atoms with Gasteiger partial charge in [0.05, 0.1) is 16.4 Å². The van der Waals surface area contributed by atoms with E-state index in [1.54, 1.807) is 24.0 Å². The zero-order chi connectivity index (χ0) is 18.2. The van der Waals surface area contributed by atoms with Gasteiger partial charge in [0, 0.05) is 25.6 Å². The first-order chi connectivity index (χ1) is 11.8. The number of aromatic nitrogens is 1. The molecule has 6 nitrogen and oxygen atoms in total. The Kier molecular flexibility index (Phi) is 4.90. The summed E-state index contributed by atoms with van der Waals surface area (Å²) in [6.07, 6.45) is 0.891. The summed E-state index contributed by atoms with van der Waals surface area (Å²) in [5.41, 5.74) is 3.70. The van der Waals surface area contributed by atoms with E-state index in [9.17, 15) is 13.6 Å². The highest BCUT2D eigenvalue weighted by Gasteiger charge is 2.34. The summed E-state index contributed by atoms with van der Waals surface area (Å²) in [5, 5.41) is 5.74. The van der Waals surface area contributed by atoms with E-state index in [-0.39, 0.29) is 5.91 Å². The van der Waals surface area contributed by atoms with Crippen LogP contribution in [0.3, 0.4) is 0 Å². The Hall–Kier alpha value is -1.84. The van der Waals surface area contributed by atoms with Gasteiger partial charge in [0.2, 0.25) is 5.76 Å². The van der Waals surface area contributed by atoms with Crippen molar-refractivity contribution < 1.29 is 18.1 Å². The number of nitrogens with zero attached hydrogens (tertiary/aromatic N) is 3. The summed E-state index contributed by atoms with van der Waals surface area (Å²) in [5.74, 6) is -3.60. The summed E-state index contributed by atoms with van der Waals surface area (Å²) in [7, 11) is 1.83. The largest absolute Gasteiger partial charge is 0.354 e. The third kappa shape index (κ3) is 3.58. The predicted octanol–water partition coefficient (Wildman–Crippen LogP) is 3.06. The maximum Gasteiger partial charge on any atom is 0.304 e. The lowest BCUT2D eigenvalue weighted by molar-refractivity contribution is -0.0112. The first kappa shape index (κ1) is 18.0. The fourth-order valence-electron chi connectivity index (χ4n) is 2.86. The maximum atomic E-state index is 13.5. The molecular formula is C16H20F2N4O2S. The Bertz CT molecular complexity index is 769. The number of carbonyl (C=O) groups excluding carboxylic acids is 1. The minimum atomic E-state index is -3.09. The van der Waals surface area contributed by atoms with Crippen LogP contribution in [0.15, 0.2) is 16.7 Å². The number of thiophene rings is 1. The number of hydrazine groups is 1. The molecule has 0 spiro atoms. The van der Waals surface area contributed by atoms with Gasteiger partial charge >= 0.3 is 5.92 Å². The molecule has 0 radical (unpaired) electrons. The average Bonchev–Trinajstić information content (AvgIpc) is 3.20. The zero-order valence-electron chi connectivity index (χ0n) is 14.3. The van der Waals surface area contributed by atoms with Gasteiger partial charge in [0.1, 0.15) is 5.69 Å². The van der Waals surface area contributed by atoms with E-state index in [1.807, 2.05) is 12.1 Å². The molecule has 0 bridgehead atoms. The van der Waals surface area contributed by atoms with Crippen molar-refractivity contribution in [2.75, 3.05) is 26.8 Å². The van der Waals surface area contributed by atoms with Crippen molar-refractivity contribution in [3.05, 3.63) is 28.3 Å². The molecular weight excluding hydrogens is 350 g/mol. The zero-order valence-corrected chi connectivity index (χ0v) is 15.1. The molecule has 2 aromatic heterocycles. The van der Waals surface area contributed by atoms with Crippen molar-refractivity contribution in [2.45, 2.75) is 26.2 Å². The third-order valence-electron chi connectivity index (χ3n) is 4.17. The summed E-state index contributed by atoms with van der Waals surface area (Å²) in [6, 6.07) is 3.43. The number of carbonyl (C=O) groups is 1. The molecule has 1 amide bonds. The SMILES string of the molecule is CNN1CCCN(C(=O)c2ccc(-c3noc(C(C)(F)F)c3C)s2)C1. The number of rotatable bonds is 4. The molecule has 136 valence electrons. The monoisotopic (exact) mass is 370 g/mol. The summed E-state index contributed by atoms with van der Waals surface area (Å²) >= 11 is 1.24. The Morgan fingerprint density at radius 3 is 2.80 bits per heavy atom. The number of hydrogen-bond acceptors (Lipinski definition) is 6. The van der Waals surface area contributed by atoms with Crippen molar-refractivity contribution in [1.29, 1.82) is 0 Å². The maximum absolute atomic E-state index is 13.5. The highest BCUT2D eigenvalue weighted by molar-refractivity contribution is 7.17. The fourth-order valence-corrected chi connectivity index (χ4v) is 3.87. The number of halogens is 2. The molecule has 1 N–H and O–H groups in total. The average molecular weight is 370 g/mol. The lowest BCUT2D eigenvalue weighted by Gasteiger charge is -2.34. The Balaban J connectivity index is 1.81. The number of hydrogen-bond donors (Lipinski definition) is 1. The fraction of sp³-hybridized carbons (Fsp3) is 0.500. The molecule has 0 saturated carbocycles. The lowest BCUT2D eigenvalue weighted by atomic mass is 10.1. The Morgan fingerprint density at radius 2 is 2.16 bits per heavy atom. The first-order valence-electron chi connectivity index (χ1n) is 7.97. The molecule has 1 saturated heterocycles. The van der Waals surface area contributed by atoms with E-state index >= 15 is 0 Å². The van der Waals surface area contributed by atoms with Gasteiger partial charge in [-0.1, -0.05) is 5.16 Å². The van der Waals surface area contributed by atoms with Gasteiger partial charge in [0.25, 0.3) is 5.91 Å². The highest BCUT2D eigenvalue weighted by atomic mass is 32.1. The van der Waals surface area contributed by atoms with Gasteiger partial charge in [-0.15, -0.1) is 11.3 Å². The van der Waals surface area contributed by atoms with E-state index in [0.717, 1.165) is 19.9 Å². The van der Waals surface area contributed by atoms with Crippen molar-refractivity contribution >= 4 is 17.2 Å². The van der Waals surface area contributed by atoms with E-state index < -0.39 is 11.7 Å². The molecule has 25 heavy (non-hydrogen) atoms. The van der Waals surface area contributed by atoms with Crippen molar-refractivity contribution in [3.63, 3.8) is 0 Å². The van der Waals surface area contributed by atoms with E-state index in [2.05, 4.69) is 10.6 Å². The standard InChI is InChI=1S/C16H20F2N4O2S/c1-10-13(20-24-14(10)16(2,17)18)11-5-6-12(25-11)15(23)21-7-4-8-22(9-21)19-3/h5-6,19H,4,7-9H2,1-3H3. The van der Waals surface area contributed by atoms with Crippen LogP contribution in [0, 0.1) is 6.92 Å². The molecule has 1 fully saturated rings.